The molecule has 0 saturated carbocycles. The topological polar surface area (TPSA) is 84.7 Å². The van der Waals surface area contributed by atoms with Crippen molar-refractivity contribution in [1.82, 2.24) is 10.2 Å². The SMILES string of the molecule is COc1ccc(C(=O)NCC(=O)N2C[C@@H](N)[C@H](c3ccccc3)C2)cc1.Cl. The number of amides is 2. The van der Waals surface area contributed by atoms with Gasteiger partial charge in [-0.25, -0.2) is 0 Å². The number of nitrogens with zero attached hydrogens (tertiary/aromatic N) is 1. The molecule has 0 unspecified atom stereocenters. The van der Waals surface area contributed by atoms with Crippen molar-refractivity contribution >= 4 is 24.2 Å². The van der Waals surface area contributed by atoms with E-state index in [1.165, 1.54) is 0 Å². The minimum Gasteiger partial charge on any atom is -0.497 e. The summed E-state index contributed by atoms with van der Waals surface area (Å²) >= 11 is 0. The molecular weight excluding hydrogens is 366 g/mol. The smallest absolute Gasteiger partial charge is 0.251 e. The van der Waals surface area contributed by atoms with Gasteiger partial charge in [0.05, 0.1) is 13.7 Å². The highest BCUT2D eigenvalue weighted by Gasteiger charge is 2.33. The van der Waals surface area contributed by atoms with Gasteiger partial charge >= 0.3 is 0 Å². The highest BCUT2D eigenvalue weighted by Crippen LogP contribution is 2.26. The maximum Gasteiger partial charge on any atom is 0.251 e. The van der Waals surface area contributed by atoms with E-state index in [0.29, 0.717) is 24.4 Å². The summed E-state index contributed by atoms with van der Waals surface area (Å²) in [6.45, 7) is 1.03. The second kappa shape index (κ2) is 9.39. The first-order valence-corrected chi connectivity index (χ1v) is 8.59. The number of hydrogen-bond acceptors (Lipinski definition) is 4. The molecule has 3 N–H and O–H groups in total. The van der Waals surface area contributed by atoms with Crippen LogP contribution in [0.4, 0.5) is 0 Å². The number of halogens is 1. The fraction of sp³-hybridized carbons (Fsp3) is 0.300. The van der Waals surface area contributed by atoms with Gasteiger partial charge in [0.25, 0.3) is 5.91 Å². The van der Waals surface area contributed by atoms with Crippen molar-refractivity contribution in [1.29, 1.82) is 0 Å². The molecular formula is C20H24ClN3O3. The number of nitrogens with one attached hydrogen (secondary N) is 1. The fourth-order valence-corrected chi connectivity index (χ4v) is 3.20. The van der Waals surface area contributed by atoms with Crippen molar-refractivity contribution < 1.29 is 14.3 Å². The Morgan fingerprint density at radius 2 is 1.78 bits per heavy atom. The Hall–Kier alpha value is -2.57. The van der Waals surface area contributed by atoms with E-state index >= 15 is 0 Å². The molecule has 2 amide bonds. The van der Waals surface area contributed by atoms with Gasteiger partial charge in [-0.1, -0.05) is 30.3 Å². The molecule has 27 heavy (non-hydrogen) atoms. The molecule has 7 heteroatoms. The van der Waals surface area contributed by atoms with Crippen LogP contribution in [-0.2, 0) is 4.79 Å². The van der Waals surface area contributed by atoms with Gasteiger partial charge in [-0.05, 0) is 29.8 Å². The quantitative estimate of drug-likeness (QED) is 0.816. The predicted octanol–water partition coefficient (Wildman–Crippen LogP) is 1.80. The average molecular weight is 390 g/mol. The second-order valence-corrected chi connectivity index (χ2v) is 6.39. The Morgan fingerprint density at radius 3 is 2.41 bits per heavy atom. The van der Waals surface area contributed by atoms with E-state index in [0.717, 1.165) is 5.56 Å². The van der Waals surface area contributed by atoms with Gasteiger partial charge in [0.15, 0.2) is 0 Å². The van der Waals surface area contributed by atoms with Gasteiger partial charge < -0.3 is 20.7 Å². The van der Waals surface area contributed by atoms with Gasteiger partial charge in [-0.15, -0.1) is 12.4 Å². The minimum atomic E-state index is -0.288. The van der Waals surface area contributed by atoms with Crippen LogP contribution in [0.5, 0.6) is 5.75 Å². The molecule has 1 aliphatic heterocycles. The lowest BCUT2D eigenvalue weighted by Crippen LogP contribution is -2.40. The Morgan fingerprint density at radius 1 is 1.11 bits per heavy atom. The van der Waals surface area contributed by atoms with Crippen LogP contribution in [0.25, 0.3) is 0 Å². The first kappa shape index (κ1) is 20.7. The molecule has 1 aliphatic rings. The van der Waals surface area contributed by atoms with Crippen LogP contribution in [0.15, 0.2) is 54.6 Å². The molecule has 0 spiro atoms. The number of rotatable bonds is 5. The molecule has 2 aromatic rings. The Labute approximate surface area is 165 Å². The van der Waals surface area contributed by atoms with E-state index in [4.69, 9.17) is 10.5 Å². The van der Waals surface area contributed by atoms with E-state index in [2.05, 4.69) is 5.32 Å². The lowest BCUT2D eigenvalue weighted by atomic mass is 9.95. The number of carbonyl (C=O) groups excluding carboxylic acids is 2. The highest BCUT2D eigenvalue weighted by atomic mass is 35.5. The van der Waals surface area contributed by atoms with Crippen molar-refractivity contribution in [2.24, 2.45) is 5.73 Å². The lowest BCUT2D eigenvalue weighted by molar-refractivity contribution is -0.129. The van der Waals surface area contributed by atoms with Crippen LogP contribution < -0.4 is 15.8 Å². The van der Waals surface area contributed by atoms with Gasteiger partial charge in [-0.3, -0.25) is 9.59 Å². The first-order chi connectivity index (χ1) is 12.6. The van der Waals surface area contributed by atoms with Crippen LogP contribution in [0, 0.1) is 0 Å². The third-order valence-electron chi connectivity index (χ3n) is 4.70. The van der Waals surface area contributed by atoms with Gasteiger partial charge in [0, 0.05) is 30.6 Å². The van der Waals surface area contributed by atoms with Crippen LogP contribution in [0.3, 0.4) is 0 Å². The number of hydrogen-bond donors (Lipinski definition) is 2. The van der Waals surface area contributed by atoms with Crippen molar-refractivity contribution in [2.45, 2.75) is 12.0 Å². The van der Waals surface area contributed by atoms with Crippen LogP contribution >= 0.6 is 12.4 Å². The summed E-state index contributed by atoms with van der Waals surface area (Å²) in [5.41, 5.74) is 7.84. The van der Waals surface area contributed by atoms with Crippen LogP contribution in [0.2, 0.25) is 0 Å². The second-order valence-electron chi connectivity index (χ2n) is 6.39. The summed E-state index contributed by atoms with van der Waals surface area (Å²) in [4.78, 5) is 26.3. The number of nitrogens with two attached hydrogens (primary N) is 1. The largest absolute Gasteiger partial charge is 0.497 e. The van der Waals surface area contributed by atoms with E-state index in [-0.39, 0.29) is 42.7 Å². The van der Waals surface area contributed by atoms with Crippen molar-refractivity contribution in [3.63, 3.8) is 0 Å². The Balaban J connectivity index is 0.00000261. The first-order valence-electron chi connectivity index (χ1n) is 8.59. The number of likely N-dealkylation sites (tertiary alicyclic amines) is 1. The van der Waals surface area contributed by atoms with E-state index in [1.807, 2.05) is 30.3 Å². The van der Waals surface area contributed by atoms with Gasteiger partial charge in [0.1, 0.15) is 5.75 Å². The molecule has 2 aromatic carbocycles. The van der Waals surface area contributed by atoms with Crippen LogP contribution in [-0.4, -0.2) is 49.5 Å². The molecule has 0 radical (unpaired) electrons. The zero-order valence-electron chi connectivity index (χ0n) is 15.1. The molecule has 6 nitrogen and oxygen atoms in total. The third-order valence-corrected chi connectivity index (χ3v) is 4.70. The van der Waals surface area contributed by atoms with Gasteiger partial charge in [0.2, 0.25) is 5.91 Å². The van der Waals surface area contributed by atoms with Crippen molar-refractivity contribution in [3.8, 4) is 5.75 Å². The molecule has 1 saturated heterocycles. The summed E-state index contributed by atoms with van der Waals surface area (Å²) in [7, 11) is 1.57. The zero-order valence-corrected chi connectivity index (χ0v) is 15.9. The summed E-state index contributed by atoms with van der Waals surface area (Å²) < 4.78 is 5.07. The fourth-order valence-electron chi connectivity index (χ4n) is 3.20. The summed E-state index contributed by atoms with van der Waals surface area (Å²) in [5, 5.41) is 2.67. The van der Waals surface area contributed by atoms with E-state index in [9.17, 15) is 9.59 Å². The van der Waals surface area contributed by atoms with Crippen molar-refractivity contribution in [2.75, 3.05) is 26.7 Å². The highest BCUT2D eigenvalue weighted by molar-refractivity contribution is 5.96. The predicted molar refractivity (Wildman–Crippen MR) is 106 cm³/mol. The maximum atomic E-state index is 12.4. The molecule has 1 heterocycles. The molecule has 0 bridgehead atoms. The van der Waals surface area contributed by atoms with Gasteiger partial charge in [-0.2, -0.15) is 0 Å². The normalized spacial score (nSPS) is 18.5. The molecule has 3 rings (SSSR count). The number of carbonyl (C=O) groups is 2. The summed E-state index contributed by atoms with van der Waals surface area (Å²) in [5.74, 6) is 0.387. The average Bonchev–Trinajstić information content (AvgIpc) is 3.08. The zero-order chi connectivity index (χ0) is 18.5. The van der Waals surface area contributed by atoms with Crippen molar-refractivity contribution in [3.05, 3.63) is 65.7 Å². The van der Waals surface area contributed by atoms with E-state index in [1.54, 1.807) is 36.3 Å². The molecule has 2 atom stereocenters. The summed E-state index contributed by atoms with van der Waals surface area (Å²) in [6, 6.07) is 16.6. The Bertz CT molecular complexity index is 768. The molecule has 1 fully saturated rings. The number of ether oxygens (including phenoxy) is 1. The van der Waals surface area contributed by atoms with Crippen LogP contribution in [0.1, 0.15) is 21.8 Å². The monoisotopic (exact) mass is 389 g/mol. The molecule has 0 aliphatic carbocycles. The Kier molecular flexibility index (Phi) is 7.21. The summed E-state index contributed by atoms with van der Waals surface area (Å²) in [6.07, 6.45) is 0. The number of methoxy groups -OCH3 is 1. The lowest BCUT2D eigenvalue weighted by Gasteiger charge is -2.17. The molecule has 144 valence electrons. The minimum absolute atomic E-state index is 0. The third kappa shape index (κ3) is 4.99. The standard InChI is InChI=1S/C20H23N3O3.ClH/c1-26-16-9-7-15(8-10-16)20(25)22-11-19(24)23-12-17(18(21)13-23)14-5-3-2-4-6-14;/h2-10,17-18H,11-13,21H2,1H3,(H,22,25);1H/t17-,18+;/m0./s1. The molecule has 0 aromatic heterocycles. The van der Waals surface area contributed by atoms with E-state index < -0.39 is 0 Å². The number of benzene rings is 2. The maximum absolute atomic E-state index is 12.4.